The maximum Gasteiger partial charge on any atom is 0.321 e. The predicted octanol–water partition coefficient (Wildman–Crippen LogP) is 5.05. The van der Waals surface area contributed by atoms with Gasteiger partial charge in [-0.15, -0.1) is 0 Å². The van der Waals surface area contributed by atoms with E-state index < -0.39 is 5.69 Å². The van der Waals surface area contributed by atoms with Gasteiger partial charge in [-0.1, -0.05) is 35.2 Å². The zero-order valence-electron chi connectivity index (χ0n) is 13.0. The van der Waals surface area contributed by atoms with Gasteiger partial charge >= 0.3 is 5.69 Å². The smallest absolute Gasteiger partial charge is 0.321 e. The lowest BCUT2D eigenvalue weighted by atomic mass is 10.2. The summed E-state index contributed by atoms with van der Waals surface area (Å²) in [4.78, 5) is 4.62. The third-order valence-electron chi connectivity index (χ3n) is 2.88. The van der Waals surface area contributed by atoms with Crippen LogP contribution in [0, 0.1) is 5.92 Å². The van der Waals surface area contributed by atoms with Crippen molar-refractivity contribution in [3.8, 4) is 0 Å². The summed E-state index contributed by atoms with van der Waals surface area (Å²) >= 11 is 8.79. The highest BCUT2D eigenvalue weighted by atomic mass is 32.9. The standard InChI is InChI=1S/C13H23N2O2PS3/c1-5-9-20-18(19,16-6-2)17-15-12-11(10-7-8-10)14-13(3,4)21-12/h10H,5-9H2,1-4H3. The minimum atomic E-state index is -2.37. The normalized spacial score (nSPS) is 25.7. The van der Waals surface area contributed by atoms with Crippen LogP contribution in [0.25, 0.3) is 0 Å². The number of hydrogen-bond donors (Lipinski definition) is 0. The van der Waals surface area contributed by atoms with E-state index >= 15 is 0 Å². The molecule has 1 unspecified atom stereocenters. The van der Waals surface area contributed by atoms with Crippen molar-refractivity contribution in [2.24, 2.45) is 16.1 Å². The Bertz CT molecular complexity index is 490. The Labute approximate surface area is 140 Å². The minimum absolute atomic E-state index is 0.148. The molecule has 1 aliphatic heterocycles. The first-order valence-electron chi connectivity index (χ1n) is 7.34. The largest absolute Gasteiger partial charge is 0.328 e. The zero-order chi connectivity index (χ0) is 15.5. The Morgan fingerprint density at radius 2 is 2.19 bits per heavy atom. The van der Waals surface area contributed by atoms with Crippen molar-refractivity contribution in [2.45, 2.75) is 51.8 Å². The summed E-state index contributed by atoms with van der Waals surface area (Å²) in [7, 11) is 0. The number of aliphatic imine (C=N–C) groups is 1. The third-order valence-corrected chi connectivity index (χ3v) is 9.19. The Morgan fingerprint density at radius 1 is 1.48 bits per heavy atom. The van der Waals surface area contributed by atoms with E-state index in [-0.39, 0.29) is 4.87 Å². The quantitative estimate of drug-likeness (QED) is 0.444. The highest BCUT2D eigenvalue weighted by molar-refractivity contribution is 8.67. The Hall–Kier alpha value is 0.450. The van der Waals surface area contributed by atoms with E-state index in [9.17, 15) is 0 Å². The molecule has 1 aliphatic carbocycles. The van der Waals surface area contributed by atoms with Gasteiger partial charge in [-0.2, -0.15) is 0 Å². The maximum atomic E-state index is 5.71. The lowest BCUT2D eigenvalue weighted by Gasteiger charge is -2.17. The van der Waals surface area contributed by atoms with Crippen LogP contribution in [-0.4, -0.2) is 28.0 Å². The number of thioether (sulfide) groups is 1. The van der Waals surface area contributed by atoms with E-state index in [4.69, 9.17) is 25.9 Å². The third kappa shape index (κ3) is 5.24. The topological polar surface area (TPSA) is 43.2 Å². The number of rotatable bonds is 8. The molecule has 8 heteroatoms. The molecule has 4 nitrogen and oxygen atoms in total. The zero-order valence-corrected chi connectivity index (χ0v) is 16.3. The molecule has 1 fully saturated rings. The molecule has 1 heterocycles. The van der Waals surface area contributed by atoms with Gasteiger partial charge in [0.25, 0.3) is 0 Å². The van der Waals surface area contributed by atoms with Crippen molar-refractivity contribution in [3.63, 3.8) is 0 Å². The molecule has 0 saturated heterocycles. The molecule has 0 amide bonds. The molecule has 1 atom stereocenters. The fraction of sp³-hybridized carbons (Fsp3) is 0.846. The maximum absolute atomic E-state index is 5.71. The monoisotopic (exact) mass is 366 g/mol. The van der Waals surface area contributed by atoms with Crippen molar-refractivity contribution in [1.82, 2.24) is 0 Å². The van der Waals surface area contributed by atoms with E-state index in [1.807, 2.05) is 6.92 Å². The first kappa shape index (κ1) is 17.8. The van der Waals surface area contributed by atoms with Gasteiger partial charge in [0, 0.05) is 11.7 Å². The van der Waals surface area contributed by atoms with Gasteiger partial charge in [0.2, 0.25) is 0 Å². The van der Waals surface area contributed by atoms with Crippen molar-refractivity contribution in [2.75, 3.05) is 12.4 Å². The van der Waals surface area contributed by atoms with Crippen molar-refractivity contribution in [3.05, 3.63) is 0 Å². The van der Waals surface area contributed by atoms with Gasteiger partial charge in [0.05, 0.1) is 12.3 Å². The second kappa shape index (κ2) is 7.35. The van der Waals surface area contributed by atoms with Crippen molar-refractivity contribution in [1.29, 1.82) is 0 Å². The van der Waals surface area contributed by atoms with Crippen molar-refractivity contribution < 1.29 is 9.15 Å². The van der Waals surface area contributed by atoms with Crippen LogP contribution in [0.3, 0.4) is 0 Å². The molecule has 0 radical (unpaired) electrons. The highest BCUT2D eigenvalue weighted by Gasteiger charge is 2.40. The van der Waals surface area contributed by atoms with Crippen LogP contribution in [-0.2, 0) is 21.0 Å². The van der Waals surface area contributed by atoms with Crippen LogP contribution < -0.4 is 0 Å². The van der Waals surface area contributed by atoms with Gasteiger partial charge in [-0.05, 0) is 51.8 Å². The SMILES string of the molecule is CCCSP(=S)(OCC)ON=C1SC(C)(C)N=C1C1CC1. The van der Waals surface area contributed by atoms with Crippen LogP contribution in [0.1, 0.15) is 47.0 Å². The first-order chi connectivity index (χ1) is 9.89. The second-order valence-electron chi connectivity index (χ2n) is 5.50. The Morgan fingerprint density at radius 3 is 2.76 bits per heavy atom. The second-order valence-corrected chi connectivity index (χ2v) is 13.4. The van der Waals surface area contributed by atoms with Gasteiger partial charge in [-0.25, -0.2) is 0 Å². The van der Waals surface area contributed by atoms with Gasteiger partial charge < -0.3 is 9.15 Å². The van der Waals surface area contributed by atoms with E-state index in [0.29, 0.717) is 12.5 Å². The van der Waals surface area contributed by atoms with Gasteiger partial charge in [-0.3, -0.25) is 4.99 Å². The molecule has 0 bridgehead atoms. The highest BCUT2D eigenvalue weighted by Crippen LogP contribution is 2.61. The molecular formula is C13H23N2O2PS3. The summed E-state index contributed by atoms with van der Waals surface area (Å²) in [5.74, 6) is 1.50. The number of oxime groups is 1. The summed E-state index contributed by atoms with van der Waals surface area (Å²) in [5, 5.41) is 5.25. The molecular weight excluding hydrogens is 343 g/mol. The number of nitrogens with zero attached hydrogens (tertiary/aromatic N) is 2. The summed E-state index contributed by atoms with van der Waals surface area (Å²) in [5.41, 5.74) is -1.27. The summed E-state index contributed by atoms with van der Waals surface area (Å²) in [6.07, 6.45) is 3.46. The average molecular weight is 367 g/mol. The predicted molar refractivity (Wildman–Crippen MR) is 99.0 cm³/mol. The Kier molecular flexibility index (Phi) is 6.23. The van der Waals surface area contributed by atoms with Crippen LogP contribution in [0.5, 0.6) is 0 Å². The summed E-state index contributed by atoms with van der Waals surface area (Å²) in [6.45, 7) is 8.83. The van der Waals surface area contributed by atoms with Crippen LogP contribution in [0.2, 0.25) is 0 Å². The van der Waals surface area contributed by atoms with Crippen LogP contribution in [0.15, 0.2) is 10.1 Å². The fourth-order valence-electron chi connectivity index (χ4n) is 1.87. The molecule has 1 saturated carbocycles. The van der Waals surface area contributed by atoms with E-state index in [1.165, 1.54) is 12.8 Å². The summed E-state index contributed by atoms with van der Waals surface area (Å²) < 4.78 is 11.4. The molecule has 2 rings (SSSR count). The molecule has 0 aromatic heterocycles. The molecule has 2 aliphatic rings. The Balaban J connectivity index is 2.07. The summed E-state index contributed by atoms with van der Waals surface area (Å²) in [6, 6.07) is 0. The van der Waals surface area contributed by atoms with E-state index in [1.54, 1.807) is 23.1 Å². The average Bonchev–Trinajstić information content (AvgIpc) is 3.20. The lowest BCUT2D eigenvalue weighted by molar-refractivity contribution is 0.281. The van der Waals surface area contributed by atoms with Crippen LogP contribution >= 0.6 is 28.8 Å². The molecule has 0 aromatic carbocycles. The molecule has 120 valence electrons. The van der Waals surface area contributed by atoms with Gasteiger partial charge in [0.15, 0.2) is 5.04 Å². The number of hydrogen-bond acceptors (Lipinski definition) is 7. The molecule has 0 spiro atoms. The first-order valence-corrected chi connectivity index (χ1v) is 12.4. The minimum Gasteiger partial charge on any atom is -0.328 e. The van der Waals surface area contributed by atoms with E-state index in [2.05, 4.69) is 25.9 Å². The molecule has 0 aromatic rings. The van der Waals surface area contributed by atoms with Crippen molar-refractivity contribution >= 4 is 51.4 Å². The molecule has 0 N–H and O–H groups in total. The molecule has 21 heavy (non-hydrogen) atoms. The van der Waals surface area contributed by atoms with Crippen LogP contribution in [0.4, 0.5) is 0 Å². The van der Waals surface area contributed by atoms with E-state index in [0.717, 1.165) is 22.9 Å². The lowest BCUT2D eigenvalue weighted by Crippen LogP contribution is -2.08. The van der Waals surface area contributed by atoms with Gasteiger partial charge in [0.1, 0.15) is 4.87 Å². The fourth-order valence-corrected chi connectivity index (χ4v) is 7.09.